The molecule has 3 aromatic rings. The van der Waals surface area contributed by atoms with Crippen LogP contribution in [-0.2, 0) is 19.3 Å². The molecule has 2 heteroatoms. The zero-order valence-corrected chi connectivity index (χ0v) is 25.1. The van der Waals surface area contributed by atoms with Gasteiger partial charge in [0.25, 0.3) is 0 Å². The summed E-state index contributed by atoms with van der Waals surface area (Å²) in [5.41, 5.74) is 4.68. The third-order valence-corrected chi connectivity index (χ3v) is 6.36. The van der Waals surface area contributed by atoms with E-state index in [1.54, 1.807) is 6.33 Å². The van der Waals surface area contributed by atoms with Crippen molar-refractivity contribution in [3.05, 3.63) is 90.0 Å². The fourth-order valence-corrected chi connectivity index (χ4v) is 4.11. The molecule has 38 heavy (non-hydrogen) atoms. The molecule has 1 heterocycles. The molecule has 0 spiro atoms. The molecule has 2 aromatic carbocycles. The van der Waals surface area contributed by atoms with Crippen LogP contribution in [-0.4, -0.2) is 9.97 Å². The van der Waals surface area contributed by atoms with Crippen LogP contribution in [0, 0.1) is 17.3 Å². The molecule has 0 saturated heterocycles. The van der Waals surface area contributed by atoms with Gasteiger partial charge >= 0.3 is 0 Å². The largest absolute Gasteiger partial charge is 0.348 e. The van der Waals surface area contributed by atoms with Crippen LogP contribution in [0.25, 0.3) is 0 Å². The standard InChI is InChI=1S/2C12H18.C11H20N2.CH4/c2*1-11(2)7-6-10-12-8-4-3-5-9-12;1-11(2,3)7-5-4-6-10-8-12-9-13-10;/h2*3-5,8-9,11H,6-7,10H2,1-2H3;8-9H,4-7H2,1-3H3,(H,12,13);1H4. The highest BCUT2D eigenvalue weighted by Gasteiger charge is 2.08. The quantitative estimate of drug-likeness (QED) is 0.236. The van der Waals surface area contributed by atoms with E-state index in [0.29, 0.717) is 5.41 Å². The Kier molecular flexibility index (Phi) is 20.2. The maximum Gasteiger partial charge on any atom is 0.0921 e. The van der Waals surface area contributed by atoms with Crippen molar-refractivity contribution in [2.75, 3.05) is 0 Å². The molecule has 2 nitrogen and oxygen atoms in total. The smallest absolute Gasteiger partial charge is 0.0921 e. The van der Waals surface area contributed by atoms with Gasteiger partial charge in [-0.05, 0) is 73.3 Å². The second-order valence-electron chi connectivity index (χ2n) is 12.4. The van der Waals surface area contributed by atoms with Gasteiger partial charge in [-0.1, -0.05) is 136 Å². The van der Waals surface area contributed by atoms with Gasteiger partial charge in [-0.2, -0.15) is 0 Å². The summed E-state index contributed by atoms with van der Waals surface area (Å²) >= 11 is 0. The van der Waals surface area contributed by atoms with Gasteiger partial charge in [0.1, 0.15) is 0 Å². The summed E-state index contributed by atoms with van der Waals surface area (Å²) in [5.74, 6) is 1.68. The first-order chi connectivity index (χ1) is 17.7. The number of rotatable bonds is 12. The molecule has 0 fully saturated rings. The van der Waals surface area contributed by atoms with Gasteiger partial charge in [0.05, 0.1) is 6.33 Å². The fraction of sp³-hybridized carbons (Fsp3) is 0.583. The van der Waals surface area contributed by atoms with Gasteiger partial charge in [-0.25, -0.2) is 4.98 Å². The Bertz CT molecular complexity index is 809. The third-order valence-electron chi connectivity index (χ3n) is 6.36. The summed E-state index contributed by atoms with van der Waals surface area (Å²) in [5, 5.41) is 0. The minimum absolute atomic E-state index is 0. The van der Waals surface area contributed by atoms with Crippen molar-refractivity contribution in [2.24, 2.45) is 17.3 Å². The third kappa shape index (κ3) is 21.7. The van der Waals surface area contributed by atoms with E-state index in [4.69, 9.17) is 0 Å². The summed E-state index contributed by atoms with van der Waals surface area (Å²) in [6.45, 7) is 16.0. The fourth-order valence-electron chi connectivity index (χ4n) is 4.11. The number of unbranched alkanes of at least 4 members (excludes halogenated alkanes) is 1. The number of H-pyrrole nitrogens is 1. The number of imidazole rings is 1. The van der Waals surface area contributed by atoms with Crippen LogP contribution in [0.4, 0.5) is 0 Å². The van der Waals surface area contributed by atoms with Gasteiger partial charge in [0.15, 0.2) is 0 Å². The molecule has 0 bridgehead atoms. The molecule has 0 saturated carbocycles. The minimum Gasteiger partial charge on any atom is -0.348 e. The first kappa shape index (κ1) is 35.6. The lowest BCUT2D eigenvalue weighted by atomic mass is 9.89. The number of benzene rings is 2. The molecule has 214 valence electrons. The van der Waals surface area contributed by atoms with E-state index >= 15 is 0 Å². The van der Waals surface area contributed by atoms with E-state index in [1.165, 1.54) is 74.6 Å². The van der Waals surface area contributed by atoms with Crippen LogP contribution in [0.3, 0.4) is 0 Å². The molecular weight excluding hydrogens is 460 g/mol. The maximum atomic E-state index is 3.99. The molecule has 0 radical (unpaired) electrons. The van der Waals surface area contributed by atoms with Crippen molar-refractivity contribution in [2.45, 2.75) is 120 Å². The second kappa shape index (κ2) is 21.6. The van der Waals surface area contributed by atoms with Crippen LogP contribution in [0.5, 0.6) is 0 Å². The maximum absolute atomic E-state index is 3.99. The van der Waals surface area contributed by atoms with E-state index in [0.717, 1.165) is 18.3 Å². The lowest BCUT2D eigenvalue weighted by Crippen LogP contribution is -2.04. The highest BCUT2D eigenvalue weighted by atomic mass is 14.9. The van der Waals surface area contributed by atoms with Crippen molar-refractivity contribution in [1.82, 2.24) is 9.97 Å². The lowest BCUT2D eigenvalue weighted by molar-refractivity contribution is 0.360. The van der Waals surface area contributed by atoms with E-state index in [-0.39, 0.29) is 7.43 Å². The minimum atomic E-state index is 0. The first-order valence-electron chi connectivity index (χ1n) is 14.7. The molecule has 1 N–H and O–H groups in total. The predicted molar refractivity (Wildman–Crippen MR) is 171 cm³/mol. The van der Waals surface area contributed by atoms with Gasteiger partial charge in [-0.3, -0.25) is 0 Å². The van der Waals surface area contributed by atoms with E-state index in [1.807, 2.05) is 6.20 Å². The molecule has 3 rings (SSSR count). The summed E-state index contributed by atoms with van der Waals surface area (Å²) in [4.78, 5) is 7.12. The topological polar surface area (TPSA) is 28.7 Å². The Hall–Kier alpha value is -2.35. The van der Waals surface area contributed by atoms with E-state index in [2.05, 4.69) is 119 Å². The number of aryl methyl sites for hydroxylation is 3. The number of nitrogens with one attached hydrogen (secondary N) is 1. The molecule has 0 aliphatic rings. The monoisotopic (exact) mass is 520 g/mol. The van der Waals surface area contributed by atoms with Crippen LogP contribution in [0.2, 0.25) is 0 Å². The highest BCUT2D eigenvalue weighted by Crippen LogP contribution is 2.22. The van der Waals surface area contributed by atoms with Gasteiger partial charge < -0.3 is 4.98 Å². The van der Waals surface area contributed by atoms with E-state index < -0.39 is 0 Å². The number of hydrogen-bond donors (Lipinski definition) is 1. The van der Waals surface area contributed by atoms with E-state index in [9.17, 15) is 0 Å². The van der Waals surface area contributed by atoms with Crippen LogP contribution >= 0.6 is 0 Å². The van der Waals surface area contributed by atoms with Crippen molar-refractivity contribution in [3.8, 4) is 0 Å². The Labute approximate surface area is 237 Å². The SMILES string of the molecule is C.CC(C)(C)CCCCc1cnc[nH]1.CC(C)CCCc1ccccc1.CC(C)CCCc1ccccc1. The summed E-state index contributed by atoms with van der Waals surface area (Å²) in [6, 6.07) is 21.4. The Morgan fingerprint density at radius 1 is 0.658 bits per heavy atom. The normalized spacial score (nSPS) is 10.8. The van der Waals surface area contributed by atoms with Crippen molar-refractivity contribution in [1.29, 1.82) is 0 Å². The van der Waals surface area contributed by atoms with Crippen LogP contribution in [0.15, 0.2) is 73.2 Å². The van der Waals surface area contributed by atoms with Crippen molar-refractivity contribution >= 4 is 0 Å². The number of aromatic amines is 1. The Balaban J connectivity index is 0.000000534. The molecular formula is C36H60N2. The van der Waals surface area contributed by atoms with Crippen LogP contribution in [0.1, 0.15) is 118 Å². The second-order valence-corrected chi connectivity index (χ2v) is 12.4. The Morgan fingerprint density at radius 2 is 1.13 bits per heavy atom. The average Bonchev–Trinajstić information content (AvgIpc) is 3.37. The number of hydrogen-bond acceptors (Lipinski definition) is 1. The first-order valence-corrected chi connectivity index (χ1v) is 14.7. The molecule has 0 unspecified atom stereocenters. The van der Waals surface area contributed by atoms with Gasteiger partial charge in [-0.15, -0.1) is 0 Å². The summed E-state index contributed by atoms with van der Waals surface area (Å²) < 4.78 is 0. The van der Waals surface area contributed by atoms with Crippen molar-refractivity contribution < 1.29 is 0 Å². The molecule has 0 aliphatic carbocycles. The van der Waals surface area contributed by atoms with Gasteiger partial charge in [0.2, 0.25) is 0 Å². The zero-order valence-electron chi connectivity index (χ0n) is 25.1. The number of aromatic nitrogens is 2. The molecule has 0 aliphatic heterocycles. The zero-order chi connectivity index (χ0) is 27.4. The molecule has 0 amide bonds. The highest BCUT2D eigenvalue weighted by molar-refractivity contribution is 5.15. The Morgan fingerprint density at radius 3 is 1.50 bits per heavy atom. The van der Waals surface area contributed by atoms with Crippen molar-refractivity contribution in [3.63, 3.8) is 0 Å². The summed E-state index contributed by atoms with van der Waals surface area (Å²) in [6.07, 6.45) is 16.5. The molecule has 1 aromatic heterocycles. The van der Waals surface area contributed by atoms with Crippen LogP contribution < -0.4 is 0 Å². The van der Waals surface area contributed by atoms with Gasteiger partial charge in [0, 0.05) is 11.9 Å². The predicted octanol–water partition coefficient (Wildman–Crippen LogP) is 11.1. The summed E-state index contributed by atoms with van der Waals surface area (Å²) in [7, 11) is 0. The lowest BCUT2D eigenvalue weighted by Gasteiger charge is -2.17. The molecule has 0 atom stereocenters. The number of nitrogens with zero attached hydrogens (tertiary/aromatic N) is 1. The average molecular weight is 521 g/mol.